The van der Waals surface area contributed by atoms with E-state index in [2.05, 4.69) is 0 Å². The molecule has 3 aromatic rings. The molecule has 0 heterocycles. The zero-order valence-corrected chi connectivity index (χ0v) is 14.6. The predicted octanol–water partition coefficient (Wildman–Crippen LogP) is 4.67. The molecule has 0 spiro atoms. The molecule has 0 aromatic heterocycles. The molecule has 0 fully saturated rings. The van der Waals surface area contributed by atoms with Gasteiger partial charge in [0.1, 0.15) is 5.75 Å². The van der Waals surface area contributed by atoms with E-state index in [0.717, 1.165) is 5.56 Å². The van der Waals surface area contributed by atoms with Crippen LogP contribution in [-0.2, 0) is 9.84 Å². The molecule has 0 bridgehead atoms. The van der Waals surface area contributed by atoms with E-state index in [4.69, 9.17) is 4.74 Å². The fourth-order valence-corrected chi connectivity index (χ4v) is 4.01. The van der Waals surface area contributed by atoms with Crippen molar-refractivity contribution in [1.82, 2.24) is 0 Å². The molecule has 4 heteroatoms. The monoisotopic (exact) mass is 350 g/mol. The van der Waals surface area contributed by atoms with Crippen molar-refractivity contribution in [2.75, 3.05) is 7.11 Å². The van der Waals surface area contributed by atoms with Gasteiger partial charge >= 0.3 is 0 Å². The van der Waals surface area contributed by atoms with Crippen molar-refractivity contribution in [1.29, 1.82) is 0 Å². The Bertz CT molecular complexity index is 959. The molecule has 0 N–H and O–H groups in total. The summed E-state index contributed by atoms with van der Waals surface area (Å²) < 4.78 is 31.6. The molecule has 0 aliphatic heterocycles. The highest BCUT2D eigenvalue weighted by atomic mass is 32.2. The van der Waals surface area contributed by atoms with E-state index in [1.807, 2.05) is 30.3 Å². The van der Waals surface area contributed by atoms with Gasteiger partial charge in [0.2, 0.25) is 9.84 Å². The normalized spacial score (nSPS) is 12.0. The minimum Gasteiger partial charge on any atom is -0.497 e. The molecule has 3 rings (SSSR count). The molecular formula is C21H18O3S. The van der Waals surface area contributed by atoms with Gasteiger partial charge in [-0.15, -0.1) is 0 Å². The van der Waals surface area contributed by atoms with Gasteiger partial charge in [-0.2, -0.15) is 0 Å². The van der Waals surface area contributed by atoms with Crippen molar-refractivity contribution < 1.29 is 13.2 Å². The molecule has 0 aliphatic rings. The first-order chi connectivity index (χ1) is 12.1. The molecule has 0 radical (unpaired) electrons. The zero-order valence-electron chi connectivity index (χ0n) is 13.8. The number of hydrogen-bond acceptors (Lipinski definition) is 3. The van der Waals surface area contributed by atoms with Crippen molar-refractivity contribution in [2.24, 2.45) is 0 Å². The summed E-state index contributed by atoms with van der Waals surface area (Å²) in [7, 11) is -2.07. The molecule has 3 nitrogen and oxygen atoms in total. The van der Waals surface area contributed by atoms with Crippen LogP contribution in [0.3, 0.4) is 0 Å². The van der Waals surface area contributed by atoms with E-state index in [9.17, 15) is 8.42 Å². The number of benzene rings is 3. The van der Waals surface area contributed by atoms with Gasteiger partial charge in [0.25, 0.3) is 0 Å². The molecule has 0 saturated heterocycles. The second-order valence-corrected chi connectivity index (χ2v) is 7.38. The lowest BCUT2D eigenvalue weighted by molar-refractivity contribution is 0.415. The van der Waals surface area contributed by atoms with Gasteiger partial charge in [-0.1, -0.05) is 48.5 Å². The Morgan fingerprint density at radius 3 is 1.92 bits per heavy atom. The number of ether oxygens (including phenoxy) is 1. The summed E-state index contributed by atoms with van der Waals surface area (Å²) in [6.45, 7) is 0. The second kappa shape index (κ2) is 7.36. The van der Waals surface area contributed by atoms with Gasteiger partial charge in [0, 0.05) is 0 Å². The highest BCUT2D eigenvalue weighted by Crippen LogP contribution is 2.31. The first-order valence-electron chi connectivity index (χ1n) is 7.82. The number of hydrogen-bond donors (Lipinski definition) is 0. The Morgan fingerprint density at radius 2 is 1.36 bits per heavy atom. The Labute approximate surface area is 148 Å². The van der Waals surface area contributed by atoms with Crippen LogP contribution in [0.5, 0.6) is 5.75 Å². The van der Waals surface area contributed by atoms with E-state index in [1.165, 1.54) is 0 Å². The first-order valence-corrected chi connectivity index (χ1v) is 9.31. The molecule has 0 amide bonds. The molecule has 0 atom stereocenters. The molecule has 126 valence electrons. The van der Waals surface area contributed by atoms with Crippen molar-refractivity contribution in [3.8, 4) is 5.75 Å². The lowest BCUT2D eigenvalue weighted by atomic mass is 10.1. The molecule has 3 aromatic carbocycles. The van der Waals surface area contributed by atoms with Gasteiger partial charge < -0.3 is 4.74 Å². The summed E-state index contributed by atoms with van der Waals surface area (Å²) in [5, 5.41) is 0. The van der Waals surface area contributed by atoms with Crippen LogP contribution in [-0.4, -0.2) is 15.5 Å². The lowest BCUT2D eigenvalue weighted by Crippen LogP contribution is -2.04. The van der Waals surface area contributed by atoms with Crippen LogP contribution in [0.25, 0.3) is 11.0 Å². The minimum absolute atomic E-state index is 0.257. The summed E-state index contributed by atoms with van der Waals surface area (Å²) >= 11 is 0. The maximum atomic E-state index is 13.2. The third-order valence-electron chi connectivity index (χ3n) is 3.81. The Kier molecular flexibility index (Phi) is 5.00. The maximum absolute atomic E-state index is 13.2. The SMILES string of the molecule is COc1ccc(C(=Cc2ccccc2)S(=O)(=O)c2ccccc2)cc1. The number of methoxy groups -OCH3 is 1. The standard InChI is InChI=1S/C21H18O3S/c1-24-19-14-12-18(13-15-19)21(16-17-8-4-2-5-9-17)25(22,23)20-10-6-3-7-11-20/h2-16H,1H3. The van der Waals surface area contributed by atoms with Crippen molar-refractivity contribution in [3.63, 3.8) is 0 Å². The fraction of sp³-hybridized carbons (Fsp3) is 0.0476. The topological polar surface area (TPSA) is 43.4 Å². The van der Waals surface area contributed by atoms with Gasteiger partial charge in [-0.3, -0.25) is 0 Å². The van der Waals surface area contributed by atoms with Crippen LogP contribution < -0.4 is 4.74 Å². The molecule has 0 saturated carbocycles. The largest absolute Gasteiger partial charge is 0.497 e. The van der Waals surface area contributed by atoms with Crippen molar-refractivity contribution in [2.45, 2.75) is 4.90 Å². The Morgan fingerprint density at radius 1 is 0.800 bits per heavy atom. The molecule has 25 heavy (non-hydrogen) atoms. The van der Waals surface area contributed by atoms with Gasteiger partial charge in [0.15, 0.2) is 0 Å². The second-order valence-electron chi connectivity index (χ2n) is 5.46. The average molecular weight is 350 g/mol. The third-order valence-corrected chi connectivity index (χ3v) is 5.64. The van der Waals surface area contributed by atoms with E-state index in [1.54, 1.807) is 67.8 Å². The van der Waals surface area contributed by atoms with E-state index in [-0.39, 0.29) is 9.80 Å². The summed E-state index contributed by atoms with van der Waals surface area (Å²) in [5.74, 6) is 0.680. The summed E-state index contributed by atoms with van der Waals surface area (Å²) in [6.07, 6.45) is 1.70. The van der Waals surface area contributed by atoms with Crippen LogP contribution in [0.2, 0.25) is 0 Å². The predicted molar refractivity (Wildman–Crippen MR) is 101 cm³/mol. The molecule has 0 aliphatic carbocycles. The third kappa shape index (κ3) is 3.80. The Balaban J connectivity index is 2.17. The first kappa shape index (κ1) is 17.0. The molecular weight excluding hydrogens is 332 g/mol. The van der Waals surface area contributed by atoms with Gasteiger partial charge in [0.05, 0.1) is 16.9 Å². The van der Waals surface area contributed by atoms with Gasteiger partial charge in [-0.25, -0.2) is 8.42 Å². The average Bonchev–Trinajstić information content (AvgIpc) is 2.67. The van der Waals surface area contributed by atoms with Crippen LogP contribution in [0, 0.1) is 0 Å². The Hall–Kier alpha value is -2.85. The maximum Gasteiger partial charge on any atom is 0.207 e. The van der Waals surface area contributed by atoms with E-state index >= 15 is 0 Å². The van der Waals surface area contributed by atoms with Crippen molar-refractivity contribution in [3.05, 3.63) is 96.1 Å². The van der Waals surface area contributed by atoms with Crippen molar-refractivity contribution >= 4 is 20.8 Å². The quantitative estimate of drug-likeness (QED) is 0.628. The van der Waals surface area contributed by atoms with Crippen LogP contribution in [0.4, 0.5) is 0 Å². The lowest BCUT2D eigenvalue weighted by Gasteiger charge is -2.11. The van der Waals surface area contributed by atoms with Gasteiger partial charge in [-0.05, 0) is 53.6 Å². The fourth-order valence-electron chi connectivity index (χ4n) is 2.50. The van der Waals surface area contributed by atoms with Crippen LogP contribution >= 0.6 is 0 Å². The van der Waals surface area contributed by atoms with E-state index in [0.29, 0.717) is 11.3 Å². The summed E-state index contributed by atoms with van der Waals surface area (Å²) in [6, 6.07) is 24.9. The number of rotatable bonds is 5. The van der Waals surface area contributed by atoms with Crippen LogP contribution in [0.15, 0.2) is 89.8 Å². The highest BCUT2D eigenvalue weighted by Gasteiger charge is 2.22. The van der Waals surface area contributed by atoms with Crippen LogP contribution in [0.1, 0.15) is 11.1 Å². The zero-order chi connectivity index (χ0) is 17.7. The number of sulfone groups is 1. The smallest absolute Gasteiger partial charge is 0.207 e. The molecule has 0 unspecified atom stereocenters. The minimum atomic E-state index is -3.65. The summed E-state index contributed by atoms with van der Waals surface area (Å²) in [4.78, 5) is 0.528. The summed E-state index contributed by atoms with van der Waals surface area (Å²) in [5.41, 5.74) is 1.45. The van der Waals surface area contributed by atoms with E-state index < -0.39 is 9.84 Å². The highest BCUT2D eigenvalue weighted by molar-refractivity contribution is 8.00.